The number of hydrogen-bond donors (Lipinski definition) is 1. The molecule has 4 nitrogen and oxygen atoms in total. The Balaban J connectivity index is 2.39. The molecule has 0 aromatic carbocycles. The number of hydrogen-bond acceptors (Lipinski definition) is 5. The summed E-state index contributed by atoms with van der Waals surface area (Å²) in [6.07, 6.45) is 1.81. The Hall–Kier alpha value is -0.490. The van der Waals surface area contributed by atoms with Gasteiger partial charge in [-0.25, -0.2) is 4.98 Å². The summed E-state index contributed by atoms with van der Waals surface area (Å²) < 4.78 is 10.1. The molecule has 14 heavy (non-hydrogen) atoms. The summed E-state index contributed by atoms with van der Waals surface area (Å²) in [5.41, 5.74) is 0. The van der Waals surface area contributed by atoms with E-state index in [0.29, 0.717) is 13.2 Å². The van der Waals surface area contributed by atoms with E-state index in [1.54, 1.807) is 31.8 Å². The molecule has 0 fully saturated rings. The molecule has 1 atom stereocenters. The smallest absolute Gasteiger partial charge is 0.112 e. The van der Waals surface area contributed by atoms with Crippen LogP contribution in [-0.2, 0) is 9.47 Å². The fourth-order valence-electron chi connectivity index (χ4n) is 1.13. The minimum Gasteiger partial charge on any atom is -0.383 e. The van der Waals surface area contributed by atoms with Crippen molar-refractivity contribution in [3.05, 3.63) is 16.6 Å². The van der Waals surface area contributed by atoms with Crippen LogP contribution in [0.4, 0.5) is 0 Å². The molecular formula is C9H16N2O2S. The minimum atomic E-state index is 0.176. The lowest BCUT2D eigenvalue weighted by Gasteiger charge is -2.14. The SMILES string of the molecule is COCCNC(COC)c1nccs1. The van der Waals surface area contributed by atoms with Crippen molar-refractivity contribution in [3.63, 3.8) is 0 Å². The molecule has 0 bridgehead atoms. The van der Waals surface area contributed by atoms with Gasteiger partial charge in [0.1, 0.15) is 5.01 Å². The molecule has 1 N–H and O–H groups in total. The van der Waals surface area contributed by atoms with E-state index in [1.807, 2.05) is 5.38 Å². The molecule has 0 spiro atoms. The maximum absolute atomic E-state index is 5.12. The van der Waals surface area contributed by atoms with Crippen LogP contribution >= 0.6 is 11.3 Å². The summed E-state index contributed by atoms with van der Waals surface area (Å²) in [6, 6.07) is 0.176. The van der Waals surface area contributed by atoms with Crippen LogP contribution in [0.5, 0.6) is 0 Å². The van der Waals surface area contributed by atoms with E-state index in [4.69, 9.17) is 9.47 Å². The van der Waals surface area contributed by atoms with Gasteiger partial charge < -0.3 is 14.8 Å². The molecule has 80 valence electrons. The quantitative estimate of drug-likeness (QED) is 0.692. The van der Waals surface area contributed by atoms with Crippen molar-refractivity contribution in [2.45, 2.75) is 6.04 Å². The number of nitrogens with one attached hydrogen (secondary N) is 1. The minimum absolute atomic E-state index is 0.176. The molecule has 0 aliphatic rings. The molecule has 1 unspecified atom stereocenters. The number of ether oxygens (including phenoxy) is 2. The van der Waals surface area contributed by atoms with Crippen LogP contribution in [-0.4, -0.2) is 39.0 Å². The zero-order valence-corrected chi connectivity index (χ0v) is 9.34. The maximum atomic E-state index is 5.12. The lowest BCUT2D eigenvalue weighted by molar-refractivity contribution is 0.153. The number of aromatic nitrogens is 1. The first-order valence-electron chi connectivity index (χ1n) is 4.49. The standard InChI is InChI=1S/C9H16N2O2S/c1-12-5-3-10-8(7-13-2)9-11-4-6-14-9/h4,6,8,10H,3,5,7H2,1-2H3. The molecule has 0 aliphatic carbocycles. The van der Waals surface area contributed by atoms with Crippen LogP contribution < -0.4 is 5.32 Å². The molecule has 0 saturated heterocycles. The van der Waals surface area contributed by atoms with Gasteiger partial charge in [0.2, 0.25) is 0 Å². The van der Waals surface area contributed by atoms with Crippen molar-refractivity contribution < 1.29 is 9.47 Å². The highest BCUT2D eigenvalue weighted by Gasteiger charge is 2.12. The van der Waals surface area contributed by atoms with Crippen LogP contribution in [0.2, 0.25) is 0 Å². The molecule has 0 aliphatic heterocycles. The summed E-state index contributed by atoms with van der Waals surface area (Å²) in [6.45, 7) is 2.15. The van der Waals surface area contributed by atoms with Gasteiger partial charge in [-0.05, 0) is 0 Å². The Bertz CT molecular complexity index is 229. The Kier molecular flexibility index (Phi) is 5.70. The van der Waals surface area contributed by atoms with Crippen LogP contribution in [0.3, 0.4) is 0 Å². The zero-order chi connectivity index (χ0) is 10.2. The second kappa shape index (κ2) is 6.89. The van der Waals surface area contributed by atoms with Gasteiger partial charge in [-0.1, -0.05) is 0 Å². The van der Waals surface area contributed by atoms with Crippen molar-refractivity contribution in [1.29, 1.82) is 0 Å². The summed E-state index contributed by atoms with van der Waals surface area (Å²) >= 11 is 1.63. The molecule has 1 heterocycles. The van der Waals surface area contributed by atoms with Gasteiger partial charge in [-0.15, -0.1) is 11.3 Å². The normalized spacial score (nSPS) is 13.0. The highest BCUT2D eigenvalue weighted by Crippen LogP contribution is 2.15. The van der Waals surface area contributed by atoms with Crippen LogP contribution in [0.15, 0.2) is 11.6 Å². The van der Waals surface area contributed by atoms with E-state index in [9.17, 15) is 0 Å². The summed E-state index contributed by atoms with van der Waals surface area (Å²) in [5.74, 6) is 0. The zero-order valence-electron chi connectivity index (χ0n) is 8.53. The molecule has 1 aromatic rings. The third-order valence-corrected chi connectivity index (χ3v) is 2.67. The van der Waals surface area contributed by atoms with Crippen molar-refractivity contribution in [2.75, 3.05) is 34.0 Å². The van der Waals surface area contributed by atoms with E-state index in [1.165, 1.54) is 0 Å². The predicted molar refractivity (Wildman–Crippen MR) is 56.6 cm³/mol. The fourth-order valence-corrected chi connectivity index (χ4v) is 1.82. The lowest BCUT2D eigenvalue weighted by atomic mass is 10.3. The first-order valence-corrected chi connectivity index (χ1v) is 5.37. The maximum Gasteiger partial charge on any atom is 0.112 e. The largest absolute Gasteiger partial charge is 0.383 e. The Morgan fingerprint density at radius 2 is 2.36 bits per heavy atom. The second-order valence-electron chi connectivity index (χ2n) is 2.83. The van der Waals surface area contributed by atoms with Crippen molar-refractivity contribution >= 4 is 11.3 Å². The molecular weight excluding hydrogens is 200 g/mol. The van der Waals surface area contributed by atoms with E-state index < -0.39 is 0 Å². The van der Waals surface area contributed by atoms with Gasteiger partial charge in [-0.2, -0.15) is 0 Å². The molecule has 1 aromatic heterocycles. The molecule has 1 rings (SSSR count). The Morgan fingerprint density at radius 3 is 2.93 bits per heavy atom. The van der Waals surface area contributed by atoms with Gasteiger partial charge in [0.05, 0.1) is 19.3 Å². The van der Waals surface area contributed by atoms with E-state index >= 15 is 0 Å². The van der Waals surface area contributed by atoms with Gasteiger partial charge in [0, 0.05) is 32.3 Å². The topological polar surface area (TPSA) is 43.4 Å². The Labute approximate surface area is 88.3 Å². The third kappa shape index (κ3) is 3.71. The molecule has 0 radical (unpaired) electrons. The number of rotatable bonds is 7. The first kappa shape index (κ1) is 11.6. The monoisotopic (exact) mass is 216 g/mol. The summed E-state index contributed by atoms with van der Waals surface area (Å²) in [5, 5.41) is 6.35. The highest BCUT2D eigenvalue weighted by molar-refractivity contribution is 7.09. The highest BCUT2D eigenvalue weighted by atomic mass is 32.1. The summed E-state index contributed by atoms with van der Waals surface area (Å²) in [7, 11) is 3.38. The first-order chi connectivity index (χ1) is 6.88. The van der Waals surface area contributed by atoms with Crippen molar-refractivity contribution in [1.82, 2.24) is 10.3 Å². The molecule has 0 amide bonds. The van der Waals surface area contributed by atoms with Gasteiger partial charge in [0.25, 0.3) is 0 Å². The number of methoxy groups -OCH3 is 2. The molecule has 0 saturated carbocycles. The number of thiazole rings is 1. The van der Waals surface area contributed by atoms with Gasteiger partial charge >= 0.3 is 0 Å². The van der Waals surface area contributed by atoms with E-state index in [2.05, 4.69) is 10.3 Å². The average molecular weight is 216 g/mol. The van der Waals surface area contributed by atoms with Crippen molar-refractivity contribution in [2.24, 2.45) is 0 Å². The van der Waals surface area contributed by atoms with Crippen LogP contribution in [0.1, 0.15) is 11.0 Å². The van der Waals surface area contributed by atoms with Crippen LogP contribution in [0.25, 0.3) is 0 Å². The predicted octanol–water partition coefficient (Wildman–Crippen LogP) is 1.07. The van der Waals surface area contributed by atoms with E-state index in [-0.39, 0.29) is 6.04 Å². The van der Waals surface area contributed by atoms with E-state index in [0.717, 1.165) is 11.6 Å². The summed E-state index contributed by atoms with van der Waals surface area (Å²) in [4.78, 5) is 4.25. The van der Waals surface area contributed by atoms with Crippen LogP contribution in [0, 0.1) is 0 Å². The Morgan fingerprint density at radius 1 is 1.50 bits per heavy atom. The lowest BCUT2D eigenvalue weighted by Crippen LogP contribution is -2.28. The molecule has 5 heteroatoms. The fraction of sp³-hybridized carbons (Fsp3) is 0.667. The van der Waals surface area contributed by atoms with Gasteiger partial charge in [0.15, 0.2) is 0 Å². The second-order valence-corrected chi connectivity index (χ2v) is 3.75. The van der Waals surface area contributed by atoms with Gasteiger partial charge in [-0.3, -0.25) is 0 Å². The number of nitrogens with zero attached hydrogens (tertiary/aromatic N) is 1. The van der Waals surface area contributed by atoms with Crippen molar-refractivity contribution in [3.8, 4) is 0 Å². The average Bonchev–Trinajstić information content (AvgIpc) is 2.70. The third-order valence-electron chi connectivity index (χ3n) is 1.78.